The molecule has 0 aliphatic carbocycles. The Morgan fingerprint density at radius 3 is 2.82 bits per heavy atom. The van der Waals surface area contributed by atoms with E-state index in [-0.39, 0.29) is 11.9 Å². The zero-order valence-corrected chi connectivity index (χ0v) is 11.9. The third kappa shape index (κ3) is 6.44. The molecule has 0 aliphatic heterocycles. The van der Waals surface area contributed by atoms with Crippen LogP contribution in [0.25, 0.3) is 0 Å². The van der Waals surface area contributed by atoms with E-state index in [4.69, 9.17) is 0 Å². The summed E-state index contributed by atoms with van der Waals surface area (Å²) in [5.74, 6) is 0.0988. The van der Waals surface area contributed by atoms with Crippen LogP contribution in [-0.2, 0) is 11.3 Å². The van der Waals surface area contributed by atoms with Gasteiger partial charge in [0.15, 0.2) is 0 Å². The van der Waals surface area contributed by atoms with E-state index in [1.807, 2.05) is 26.0 Å². The molecule has 0 aromatic heterocycles. The standard InChI is InChI=1S/C13H19BrN2O/c1-10(2)16-13(17)6-7-15-9-11-4-3-5-12(14)8-11/h3-5,8,10,15H,6-7,9H2,1-2H3,(H,16,17). The molecule has 94 valence electrons. The lowest BCUT2D eigenvalue weighted by molar-refractivity contribution is -0.121. The summed E-state index contributed by atoms with van der Waals surface area (Å²) >= 11 is 3.43. The molecule has 1 rings (SSSR count). The summed E-state index contributed by atoms with van der Waals surface area (Å²) in [5, 5.41) is 6.12. The molecule has 1 amide bonds. The molecule has 1 aromatic carbocycles. The second-order valence-corrected chi connectivity index (χ2v) is 5.19. The summed E-state index contributed by atoms with van der Waals surface area (Å²) in [5.41, 5.74) is 1.21. The molecule has 17 heavy (non-hydrogen) atoms. The fourth-order valence-electron chi connectivity index (χ4n) is 1.48. The Morgan fingerprint density at radius 1 is 1.41 bits per heavy atom. The Labute approximate surface area is 111 Å². The van der Waals surface area contributed by atoms with Crippen LogP contribution in [0.15, 0.2) is 28.7 Å². The number of halogens is 1. The van der Waals surface area contributed by atoms with Crippen molar-refractivity contribution in [1.29, 1.82) is 0 Å². The highest BCUT2D eigenvalue weighted by Crippen LogP contribution is 2.11. The van der Waals surface area contributed by atoms with Crippen molar-refractivity contribution >= 4 is 21.8 Å². The minimum Gasteiger partial charge on any atom is -0.354 e. The fraction of sp³-hybridized carbons (Fsp3) is 0.462. The molecule has 0 fully saturated rings. The van der Waals surface area contributed by atoms with Crippen LogP contribution in [0.1, 0.15) is 25.8 Å². The molecule has 0 aliphatic rings. The van der Waals surface area contributed by atoms with Crippen molar-refractivity contribution < 1.29 is 4.79 Å². The molecular weight excluding hydrogens is 280 g/mol. The van der Waals surface area contributed by atoms with Gasteiger partial charge >= 0.3 is 0 Å². The highest BCUT2D eigenvalue weighted by atomic mass is 79.9. The van der Waals surface area contributed by atoms with E-state index in [1.165, 1.54) is 5.56 Å². The van der Waals surface area contributed by atoms with Crippen molar-refractivity contribution in [3.63, 3.8) is 0 Å². The quantitative estimate of drug-likeness (QED) is 0.792. The van der Waals surface area contributed by atoms with Crippen molar-refractivity contribution in [2.24, 2.45) is 0 Å². The van der Waals surface area contributed by atoms with E-state index in [0.717, 1.165) is 11.0 Å². The molecule has 0 atom stereocenters. The summed E-state index contributed by atoms with van der Waals surface area (Å²) < 4.78 is 1.08. The van der Waals surface area contributed by atoms with Crippen LogP contribution in [0, 0.1) is 0 Å². The van der Waals surface area contributed by atoms with E-state index < -0.39 is 0 Å². The van der Waals surface area contributed by atoms with E-state index in [1.54, 1.807) is 0 Å². The maximum atomic E-state index is 11.4. The second-order valence-electron chi connectivity index (χ2n) is 4.28. The predicted octanol–water partition coefficient (Wildman–Crippen LogP) is 2.45. The third-order valence-electron chi connectivity index (χ3n) is 2.20. The number of hydrogen-bond acceptors (Lipinski definition) is 2. The van der Waals surface area contributed by atoms with Crippen molar-refractivity contribution in [2.45, 2.75) is 32.9 Å². The van der Waals surface area contributed by atoms with Gasteiger partial charge in [-0.3, -0.25) is 4.79 Å². The van der Waals surface area contributed by atoms with Gasteiger partial charge in [-0.15, -0.1) is 0 Å². The zero-order valence-electron chi connectivity index (χ0n) is 10.3. The van der Waals surface area contributed by atoms with Gasteiger partial charge in [0.25, 0.3) is 0 Å². The van der Waals surface area contributed by atoms with Gasteiger partial charge in [0.05, 0.1) is 0 Å². The molecule has 2 N–H and O–H groups in total. The average Bonchev–Trinajstić information content (AvgIpc) is 2.23. The number of benzene rings is 1. The Hall–Kier alpha value is -0.870. The molecule has 0 spiro atoms. The Morgan fingerprint density at radius 2 is 2.18 bits per heavy atom. The topological polar surface area (TPSA) is 41.1 Å². The van der Waals surface area contributed by atoms with Gasteiger partial charge in [0.1, 0.15) is 0 Å². The number of amides is 1. The smallest absolute Gasteiger partial charge is 0.221 e. The highest BCUT2D eigenvalue weighted by Gasteiger charge is 2.02. The van der Waals surface area contributed by atoms with Crippen molar-refractivity contribution in [2.75, 3.05) is 6.54 Å². The first kappa shape index (κ1) is 14.2. The molecule has 0 bridgehead atoms. The van der Waals surface area contributed by atoms with Crippen LogP contribution in [0.2, 0.25) is 0 Å². The first-order chi connectivity index (χ1) is 8.08. The average molecular weight is 299 g/mol. The van der Waals surface area contributed by atoms with E-state index in [9.17, 15) is 4.79 Å². The Bertz CT molecular complexity index is 366. The van der Waals surface area contributed by atoms with Crippen LogP contribution in [0.4, 0.5) is 0 Å². The molecule has 0 unspecified atom stereocenters. The molecular formula is C13H19BrN2O. The first-order valence-corrected chi connectivity index (χ1v) is 6.62. The molecule has 4 heteroatoms. The largest absolute Gasteiger partial charge is 0.354 e. The third-order valence-corrected chi connectivity index (χ3v) is 2.69. The Kier molecular flexibility index (Phi) is 6.22. The second kappa shape index (κ2) is 7.45. The van der Waals surface area contributed by atoms with Crippen molar-refractivity contribution in [1.82, 2.24) is 10.6 Å². The molecule has 0 saturated carbocycles. The highest BCUT2D eigenvalue weighted by molar-refractivity contribution is 9.10. The van der Waals surface area contributed by atoms with Crippen LogP contribution < -0.4 is 10.6 Å². The summed E-state index contributed by atoms with van der Waals surface area (Å²) in [6.45, 7) is 5.42. The minimum atomic E-state index is 0.0988. The minimum absolute atomic E-state index is 0.0988. The van der Waals surface area contributed by atoms with Crippen molar-refractivity contribution in [3.05, 3.63) is 34.3 Å². The molecule has 3 nitrogen and oxygen atoms in total. The van der Waals surface area contributed by atoms with Gasteiger partial charge in [-0.1, -0.05) is 28.1 Å². The summed E-state index contributed by atoms with van der Waals surface area (Å²) in [7, 11) is 0. The van der Waals surface area contributed by atoms with Gasteiger partial charge in [-0.25, -0.2) is 0 Å². The Balaban J connectivity index is 2.18. The van der Waals surface area contributed by atoms with Crippen LogP contribution in [0.5, 0.6) is 0 Å². The van der Waals surface area contributed by atoms with E-state index in [2.05, 4.69) is 38.7 Å². The SMILES string of the molecule is CC(C)NC(=O)CCNCc1cccc(Br)c1. The molecule has 1 aromatic rings. The zero-order chi connectivity index (χ0) is 12.7. The number of carbonyl (C=O) groups is 1. The van der Waals surface area contributed by atoms with Gasteiger partial charge in [-0.05, 0) is 31.5 Å². The lowest BCUT2D eigenvalue weighted by Gasteiger charge is -2.09. The lowest BCUT2D eigenvalue weighted by Crippen LogP contribution is -2.32. The van der Waals surface area contributed by atoms with Crippen LogP contribution >= 0.6 is 15.9 Å². The number of hydrogen-bond donors (Lipinski definition) is 2. The monoisotopic (exact) mass is 298 g/mol. The molecule has 0 saturated heterocycles. The number of rotatable bonds is 6. The number of nitrogens with one attached hydrogen (secondary N) is 2. The molecule has 0 radical (unpaired) electrons. The van der Waals surface area contributed by atoms with Gasteiger partial charge in [0, 0.05) is 30.0 Å². The summed E-state index contributed by atoms with van der Waals surface area (Å²) in [6, 6.07) is 8.35. The lowest BCUT2D eigenvalue weighted by atomic mass is 10.2. The predicted molar refractivity (Wildman–Crippen MR) is 73.7 cm³/mol. The van der Waals surface area contributed by atoms with Gasteiger partial charge in [0.2, 0.25) is 5.91 Å². The van der Waals surface area contributed by atoms with Crippen LogP contribution in [0.3, 0.4) is 0 Å². The van der Waals surface area contributed by atoms with E-state index in [0.29, 0.717) is 13.0 Å². The van der Waals surface area contributed by atoms with Crippen molar-refractivity contribution in [3.8, 4) is 0 Å². The summed E-state index contributed by atoms with van der Waals surface area (Å²) in [6.07, 6.45) is 0.520. The fourth-order valence-corrected chi connectivity index (χ4v) is 1.92. The number of carbonyl (C=O) groups excluding carboxylic acids is 1. The summed E-state index contributed by atoms with van der Waals surface area (Å²) in [4.78, 5) is 11.4. The normalized spacial score (nSPS) is 10.6. The molecule has 0 heterocycles. The van der Waals surface area contributed by atoms with Gasteiger partial charge in [-0.2, -0.15) is 0 Å². The maximum absolute atomic E-state index is 11.4. The maximum Gasteiger partial charge on any atom is 0.221 e. The van der Waals surface area contributed by atoms with Gasteiger partial charge < -0.3 is 10.6 Å². The first-order valence-electron chi connectivity index (χ1n) is 5.82. The van der Waals surface area contributed by atoms with E-state index >= 15 is 0 Å². The van der Waals surface area contributed by atoms with Crippen LogP contribution in [-0.4, -0.2) is 18.5 Å².